The van der Waals surface area contributed by atoms with E-state index in [1.165, 1.54) is 4.88 Å². The zero-order valence-electron chi connectivity index (χ0n) is 9.86. The second-order valence-corrected chi connectivity index (χ2v) is 4.94. The largest absolute Gasteiger partial charge is 0.343 e. The number of hydrogen-bond donors (Lipinski definition) is 1. The molecule has 3 nitrogen and oxygen atoms in total. The molecule has 0 saturated heterocycles. The maximum atomic E-state index is 11.6. The number of hydrogen-bond acceptors (Lipinski definition) is 3. The fourth-order valence-electron chi connectivity index (χ4n) is 1.58. The van der Waals surface area contributed by atoms with Crippen molar-refractivity contribution in [2.45, 2.75) is 20.3 Å². The summed E-state index contributed by atoms with van der Waals surface area (Å²) < 4.78 is 0. The quantitative estimate of drug-likeness (QED) is 0.843. The number of aryl methyl sites for hydroxylation is 1. The smallest absolute Gasteiger partial charge is 0.156 e. The Bertz CT molecular complexity index is 538. The molecule has 0 spiro atoms. The van der Waals surface area contributed by atoms with Crippen molar-refractivity contribution >= 4 is 23.2 Å². The molecule has 2 aromatic rings. The third-order valence-electron chi connectivity index (χ3n) is 2.45. The first-order chi connectivity index (χ1) is 8.15. The van der Waals surface area contributed by atoms with Gasteiger partial charge < -0.3 is 4.98 Å². The lowest BCUT2D eigenvalue weighted by Gasteiger charge is -2.00. The van der Waals surface area contributed by atoms with Gasteiger partial charge in [0.1, 0.15) is 5.82 Å². The first kappa shape index (κ1) is 11.8. The van der Waals surface area contributed by atoms with Crippen LogP contribution in [-0.4, -0.2) is 15.8 Å². The molecular formula is C13H14N2OS. The predicted molar refractivity (Wildman–Crippen MR) is 70.0 cm³/mol. The molecule has 17 heavy (non-hydrogen) atoms. The molecule has 0 bridgehead atoms. The van der Waals surface area contributed by atoms with Gasteiger partial charge in [0, 0.05) is 16.9 Å². The normalized spacial score (nSPS) is 11.8. The summed E-state index contributed by atoms with van der Waals surface area (Å²) in [5.74, 6) is 0.959. The third-order valence-corrected chi connectivity index (χ3v) is 3.33. The minimum Gasteiger partial charge on any atom is -0.343 e. The van der Waals surface area contributed by atoms with Crippen LogP contribution in [0.25, 0.3) is 6.08 Å². The molecule has 2 rings (SSSR count). The number of thiophene rings is 1. The molecule has 0 radical (unpaired) electrons. The van der Waals surface area contributed by atoms with Crippen LogP contribution in [0.5, 0.6) is 0 Å². The number of carbonyl (C=O) groups is 1. The van der Waals surface area contributed by atoms with Crippen molar-refractivity contribution in [3.05, 3.63) is 45.7 Å². The van der Waals surface area contributed by atoms with Crippen molar-refractivity contribution < 1.29 is 4.79 Å². The number of allylic oxidation sites excluding steroid dienone is 1. The van der Waals surface area contributed by atoms with Crippen LogP contribution in [-0.2, 0) is 11.2 Å². The standard InChI is InChI=1S/C13H14N2OS/c1-9(16)11(7-13-4-3-5-17-13)6-12-8-14-10(2)15-12/h3-6,8H,7H2,1-2H3,(H,14,15)/b11-6+. The van der Waals surface area contributed by atoms with E-state index in [1.807, 2.05) is 30.5 Å². The number of nitrogens with zero attached hydrogens (tertiary/aromatic N) is 1. The van der Waals surface area contributed by atoms with Crippen LogP contribution >= 0.6 is 11.3 Å². The molecule has 2 aromatic heterocycles. The molecule has 0 aliphatic heterocycles. The lowest BCUT2D eigenvalue weighted by atomic mass is 10.1. The molecule has 0 aromatic carbocycles. The van der Waals surface area contributed by atoms with Gasteiger partial charge in [-0.05, 0) is 31.4 Å². The Morgan fingerprint density at radius 3 is 2.94 bits per heavy atom. The second kappa shape index (κ2) is 5.10. The SMILES string of the molecule is CC(=O)/C(=C/c1cnc(C)[nH]1)Cc1cccs1. The summed E-state index contributed by atoms with van der Waals surface area (Å²) in [5.41, 5.74) is 1.68. The number of aromatic amines is 1. The van der Waals surface area contributed by atoms with Gasteiger partial charge >= 0.3 is 0 Å². The summed E-state index contributed by atoms with van der Waals surface area (Å²) in [6, 6.07) is 4.04. The Hall–Kier alpha value is -1.68. The average molecular weight is 246 g/mol. The summed E-state index contributed by atoms with van der Waals surface area (Å²) in [6.45, 7) is 3.49. The van der Waals surface area contributed by atoms with E-state index in [-0.39, 0.29) is 5.78 Å². The van der Waals surface area contributed by atoms with Gasteiger partial charge in [-0.15, -0.1) is 11.3 Å². The molecule has 0 unspecified atom stereocenters. The van der Waals surface area contributed by atoms with Crippen molar-refractivity contribution in [1.29, 1.82) is 0 Å². The Balaban J connectivity index is 2.23. The van der Waals surface area contributed by atoms with Gasteiger partial charge in [-0.25, -0.2) is 4.98 Å². The zero-order valence-corrected chi connectivity index (χ0v) is 10.7. The van der Waals surface area contributed by atoms with E-state index in [2.05, 4.69) is 9.97 Å². The molecule has 0 atom stereocenters. The minimum absolute atomic E-state index is 0.102. The van der Waals surface area contributed by atoms with Gasteiger partial charge in [0.05, 0.1) is 11.9 Å². The van der Waals surface area contributed by atoms with Gasteiger partial charge in [0.15, 0.2) is 5.78 Å². The second-order valence-electron chi connectivity index (χ2n) is 3.91. The van der Waals surface area contributed by atoms with Gasteiger partial charge in [0.25, 0.3) is 0 Å². The highest BCUT2D eigenvalue weighted by atomic mass is 32.1. The van der Waals surface area contributed by atoms with Gasteiger partial charge in [-0.1, -0.05) is 6.07 Å². The molecule has 88 valence electrons. The van der Waals surface area contributed by atoms with Gasteiger partial charge in [-0.2, -0.15) is 0 Å². The van der Waals surface area contributed by atoms with Crippen molar-refractivity contribution in [1.82, 2.24) is 9.97 Å². The maximum Gasteiger partial charge on any atom is 0.156 e. The Morgan fingerprint density at radius 1 is 1.59 bits per heavy atom. The zero-order chi connectivity index (χ0) is 12.3. The van der Waals surface area contributed by atoms with Crippen molar-refractivity contribution in [2.75, 3.05) is 0 Å². The van der Waals surface area contributed by atoms with E-state index < -0.39 is 0 Å². The molecule has 0 fully saturated rings. The number of Topliss-reactive ketones (excluding diaryl/α,β-unsaturated/α-hetero) is 1. The van der Waals surface area contributed by atoms with E-state index in [0.717, 1.165) is 17.1 Å². The van der Waals surface area contributed by atoms with Crippen LogP contribution < -0.4 is 0 Å². The topological polar surface area (TPSA) is 45.8 Å². The number of aromatic nitrogens is 2. The Kier molecular flexibility index (Phi) is 3.54. The minimum atomic E-state index is 0.102. The molecular weight excluding hydrogens is 232 g/mol. The third kappa shape index (κ3) is 3.14. The summed E-state index contributed by atoms with van der Waals surface area (Å²) in [7, 11) is 0. The first-order valence-electron chi connectivity index (χ1n) is 5.40. The van der Waals surface area contributed by atoms with Crippen molar-refractivity contribution in [3.63, 3.8) is 0 Å². The van der Waals surface area contributed by atoms with Crippen molar-refractivity contribution in [3.8, 4) is 0 Å². The van der Waals surface area contributed by atoms with Crippen LogP contribution in [0.4, 0.5) is 0 Å². The highest BCUT2D eigenvalue weighted by Crippen LogP contribution is 2.16. The Morgan fingerprint density at radius 2 is 2.41 bits per heavy atom. The van der Waals surface area contributed by atoms with E-state index in [1.54, 1.807) is 24.5 Å². The number of carbonyl (C=O) groups excluding carboxylic acids is 1. The Labute approximate surface area is 104 Å². The average Bonchev–Trinajstić information content (AvgIpc) is 2.89. The highest BCUT2D eigenvalue weighted by molar-refractivity contribution is 7.09. The van der Waals surface area contributed by atoms with E-state index >= 15 is 0 Å². The van der Waals surface area contributed by atoms with E-state index in [0.29, 0.717) is 6.42 Å². The van der Waals surface area contributed by atoms with Crippen LogP contribution in [0.1, 0.15) is 23.3 Å². The molecule has 0 aliphatic carbocycles. The van der Waals surface area contributed by atoms with Crippen LogP contribution in [0.15, 0.2) is 29.3 Å². The van der Waals surface area contributed by atoms with Gasteiger partial charge in [-0.3, -0.25) is 4.79 Å². The summed E-state index contributed by atoms with van der Waals surface area (Å²) >= 11 is 1.67. The predicted octanol–water partition coefficient (Wildman–Crippen LogP) is 2.99. The van der Waals surface area contributed by atoms with Crippen molar-refractivity contribution in [2.24, 2.45) is 0 Å². The molecule has 4 heteroatoms. The fraction of sp³-hybridized carbons (Fsp3) is 0.231. The number of H-pyrrole nitrogens is 1. The van der Waals surface area contributed by atoms with Crippen LogP contribution in [0.3, 0.4) is 0 Å². The molecule has 0 saturated carbocycles. The molecule has 1 N–H and O–H groups in total. The summed E-state index contributed by atoms with van der Waals surface area (Å²) in [5, 5.41) is 2.02. The number of rotatable bonds is 4. The monoisotopic (exact) mass is 246 g/mol. The van der Waals surface area contributed by atoms with Gasteiger partial charge in [0.2, 0.25) is 0 Å². The summed E-state index contributed by atoms with van der Waals surface area (Å²) in [4.78, 5) is 20.0. The van der Waals surface area contributed by atoms with Crippen LogP contribution in [0, 0.1) is 6.92 Å². The number of imidazole rings is 1. The summed E-state index contributed by atoms with van der Waals surface area (Å²) in [6.07, 6.45) is 4.31. The molecule has 2 heterocycles. The van der Waals surface area contributed by atoms with Crippen LogP contribution in [0.2, 0.25) is 0 Å². The molecule has 0 aliphatic rings. The number of ketones is 1. The first-order valence-corrected chi connectivity index (χ1v) is 6.28. The highest BCUT2D eigenvalue weighted by Gasteiger charge is 2.07. The lowest BCUT2D eigenvalue weighted by molar-refractivity contribution is -0.113. The lowest BCUT2D eigenvalue weighted by Crippen LogP contribution is -1.99. The van der Waals surface area contributed by atoms with E-state index in [4.69, 9.17) is 0 Å². The molecule has 0 amide bonds. The maximum absolute atomic E-state index is 11.6. The number of nitrogens with one attached hydrogen (secondary N) is 1. The fourth-order valence-corrected chi connectivity index (χ4v) is 2.31. The van der Waals surface area contributed by atoms with E-state index in [9.17, 15) is 4.79 Å².